The third-order valence-electron chi connectivity index (χ3n) is 4.62. The van der Waals surface area contributed by atoms with E-state index in [1.807, 2.05) is 42.5 Å². The van der Waals surface area contributed by atoms with Crippen molar-refractivity contribution in [3.8, 4) is 0 Å². The van der Waals surface area contributed by atoms with Gasteiger partial charge in [-0.25, -0.2) is 10.2 Å². The van der Waals surface area contributed by atoms with Crippen molar-refractivity contribution in [3.05, 3.63) is 42.5 Å². The van der Waals surface area contributed by atoms with Crippen LogP contribution in [0.2, 0.25) is 0 Å². The van der Waals surface area contributed by atoms with E-state index in [-0.39, 0.29) is 24.2 Å². The molecule has 0 unspecified atom stereocenters. The van der Waals surface area contributed by atoms with E-state index in [9.17, 15) is 8.42 Å². The van der Waals surface area contributed by atoms with Crippen LogP contribution in [0, 0.1) is 0 Å². The molecule has 0 aliphatic rings. The highest BCUT2D eigenvalue weighted by molar-refractivity contribution is 7.95. The standard InChI is InChI=1S/C21H27N9O6S2/c1-22-16-11-17(24-8-10-38(32,33)34)13-18(12-16)26-14-3-5-15(6-4-14)27-21-29-19(23-2)28-20(30-21)25-7-9-37-36-35-31/h3-7,11-13,22,24,26,31H,8-10H2,1-2H3,(H,32,33,34)(H2,23,27,28,29,30)/b25-7-. The van der Waals surface area contributed by atoms with Crippen molar-refractivity contribution in [1.82, 2.24) is 15.0 Å². The van der Waals surface area contributed by atoms with E-state index in [0.717, 1.165) is 34.8 Å². The molecule has 0 aliphatic carbocycles. The molecule has 3 aromatic rings. The minimum Gasteiger partial charge on any atom is -0.388 e. The van der Waals surface area contributed by atoms with Crippen LogP contribution in [0.4, 0.5) is 46.3 Å². The monoisotopic (exact) mass is 565 g/mol. The summed E-state index contributed by atoms with van der Waals surface area (Å²) < 4.78 is 35.1. The molecular weight excluding hydrogens is 538 g/mol. The number of aromatic nitrogens is 3. The molecule has 0 atom stereocenters. The lowest BCUT2D eigenvalue weighted by molar-refractivity contribution is -0.432. The molecule has 7 N–H and O–H groups in total. The first kappa shape index (κ1) is 28.8. The fourth-order valence-corrected chi connectivity index (χ4v) is 3.59. The van der Waals surface area contributed by atoms with Gasteiger partial charge < -0.3 is 26.6 Å². The Balaban J connectivity index is 1.67. The summed E-state index contributed by atoms with van der Waals surface area (Å²) in [6, 6.07) is 12.9. The summed E-state index contributed by atoms with van der Waals surface area (Å²) in [6.45, 7) is 0.0667. The summed E-state index contributed by atoms with van der Waals surface area (Å²) in [7, 11) is -0.598. The first-order valence-electron chi connectivity index (χ1n) is 11.0. The number of benzene rings is 2. The molecule has 0 amide bonds. The molecule has 0 fully saturated rings. The zero-order valence-electron chi connectivity index (χ0n) is 20.4. The first-order valence-corrected chi connectivity index (χ1v) is 13.5. The van der Waals surface area contributed by atoms with Crippen LogP contribution in [-0.4, -0.2) is 71.5 Å². The molecular formula is C21H27N9O6S2. The van der Waals surface area contributed by atoms with Crippen molar-refractivity contribution >= 4 is 74.7 Å². The van der Waals surface area contributed by atoms with Gasteiger partial charge in [-0.2, -0.15) is 23.4 Å². The maximum atomic E-state index is 11.0. The number of nitrogens with one attached hydrogen (secondary N) is 5. The SMILES string of the molecule is CNc1cc(NCCS(=O)(=O)O)cc(Nc2ccc(Nc3nc(/N=C\CSOOO)nc(NC)n3)cc2)c1. The van der Waals surface area contributed by atoms with Gasteiger partial charge in [0, 0.05) is 67.3 Å². The van der Waals surface area contributed by atoms with Gasteiger partial charge in [-0.1, -0.05) is 5.04 Å². The molecule has 3 rings (SSSR count). The van der Waals surface area contributed by atoms with Crippen LogP contribution in [0.5, 0.6) is 0 Å². The molecule has 38 heavy (non-hydrogen) atoms. The van der Waals surface area contributed by atoms with Crippen LogP contribution in [0.15, 0.2) is 47.5 Å². The average Bonchev–Trinajstić information content (AvgIpc) is 2.88. The van der Waals surface area contributed by atoms with Gasteiger partial charge in [-0.05, 0) is 42.5 Å². The van der Waals surface area contributed by atoms with E-state index in [0.29, 0.717) is 11.6 Å². The van der Waals surface area contributed by atoms with E-state index in [2.05, 4.69) is 55.9 Å². The minimum atomic E-state index is -4.05. The second kappa shape index (κ2) is 14.3. The predicted octanol–water partition coefficient (Wildman–Crippen LogP) is 3.51. The van der Waals surface area contributed by atoms with Gasteiger partial charge in [-0.3, -0.25) is 4.55 Å². The maximum absolute atomic E-state index is 11.0. The number of aliphatic imine (C=N–C) groups is 1. The average molecular weight is 566 g/mol. The van der Waals surface area contributed by atoms with Gasteiger partial charge in [0.25, 0.3) is 16.1 Å². The van der Waals surface area contributed by atoms with Crippen LogP contribution in [0.3, 0.4) is 0 Å². The molecule has 0 saturated heterocycles. The van der Waals surface area contributed by atoms with Crippen LogP contribution in [0.1, 0.15) is 0 Å². The van der Waals surface area contributed by atoms with E-state index in [4.69, 9.17) is 9.81 Å². The summed E-state index contributed by atoms with van der Waals surface area (Å²) in [5.74, 6) is 0.661. The second-order valence-electron chi connectivity index (χ2n) is 7.36. The van der Waals surface area contributed by atoms with Crippen molar-refractivity contribution in [2.75, 3.05) is 58.7 Å². The van der Waals surface area contributed by atoms with Gasteiger partial charge in [0.1, 0.15) is 0 Å². The lowest BCUT2D eigenvalue weighted by Gasteiger charge is -2.13. The lowest BCUT2D eigenvalue weighted by Crippen LogP contribution is -2.14. The number of hydrogen-bond acceptors (Lipinski definition) is 15. The third kappa shape index (κ3) is 9.96. The van der Waals surface area contributed by atoms with E-state index < -0.39 is 15.9 Å². The number of rotatable bonds is 15. The largest absolute Gasteiger partial charge is 0.388 e. The fourth-order valence-electron chi connectivity index (χ4n) is 2.99. The Morgan fingerprint density at radius 2 is 1.58 bits per heavy atom. The van der Waals surface area contributed by atoms with E-state index in [1.54, 1.807) is 14.1 Å². The highest BCUT2D eigenvalue weighted by Gasteiger charge is 2.07. The molecule has 0 bridgehead atoms. The van der Waals surface area contributed by atoms with Crippen molar-refractivity contribution in [2.45, 2.75) is 0 Å². The smallest absolute Gasteiger partial charge is 0.266 e. The lowest BCUT2D eigenvalue weighted by atomic mass is 10.2. The number of hydrogen-bond donors (Lipinski definition) is 7. The normalized spacial score (nSPS) is 11.4. The Bertz CT molecular complexity index is 1330. The molecule has 17 heteroatoms. The Labute approximate surface area is 223 Å². The van der Waals surface area contributed by atoms with Crippen LogP contribution >= 0.6 is 12.0 Å². The van der Waals surface area contributed by atoms with Gasteiger partial charge >= 0.3 is 0 Å². The molecule has 204 valence electrons. The van der Waals surface area contributed by atoms with E-state index >= 15 is 0 Å². The Kier molecular flexibility index (Phi) is 10.8. The maximum Gasteiger partial charge on any atom is 0.266 e. The molecule has 1 heterocycles. The summed E-state index contributed by atoms with van der Waals surface area (Å²) >= 11 is 0.830. The summed E-state index contributed by atoms with van der Waals surface area (Å²) in [5, 5.41) is 26.9. The van der Waals surface area contributed by atoms with Crippen molar-refractivity contribution < 1.29 is 27.6 Å². The van der Waals surface area contributed by atoms with Gasteiger partial charge in [0.15, 0.2) is 0 Å². The topological polar surface area (TPSA) is 204 Å². The first-order chi connectivity index (χ1) is 18.3. The predicted molar refractivity (Wildman–Crippen MR) is 149 cm³/mol. The number of anilines is 7. The minimum absolute atomic E-state index is 0.0667. The Morgan fingerprint density at radius 3 is 2.24 bits per heavy atom. The highest BCUT2D eigenvalue weighted by Crippen LogP contribution is 2.26. The molecule has 0 radical (unpaired) electrons. The van der Waals surface area contributed by atoms with Crippen molar-refractivity contribution in [3.63, 3.8) is 0 Å². The number of nitrogens with zero attached hydrogens (tertiary/aromatic N) is 4. The van der Waals surface area contributed by atoms with Gasteiger partial charge in [0.2, 0.25) is 11.9 Å². The van der Waals surface area contributed by atoms with Crippen LogP contribution in [-0.2, 0) is 19.5 Å². The fraction of sp³-hybridized carbons (Fsp3) is 0.238. The van der Waals surface area contributed by atoms with Crippen LogP contribution in [0.25, 0.3) is 0 Å². The summed E-state index contributed by atoms with van der Waals surface area (Å²) in [4.78, 5) is 16.8. The zero-order chi connectivity index (χ0) is 27.4. The molecule has 2 aromatic carbocycles. The van der Waals surface area contributed by atoms with Crippen molar-refractivity contribution in [1.29, 1.82) is 0 Å². The van der Waals surface area contributed by atoms with Crippen LogP contribution < -0.4 is 26.6 Å². The Hall–Kier alpha value is -3.74. The van der Waals surface area contributed by atoms with E-state index in [1.165, 1.54) is 6.21 Å². The molecule has 0 saturated carbocycles. The summed E-state index contributed by atoms with van der Waals surface area (Å²) in [5.41, 5.74) is 3.78. The third-order valence-corrected chi connectivity index (χ3v) is 5.78. The van der Waals surface area contributed by atoms with Gasteiger partial charge in [-0.15, -0.1) is 4.33 Å². The second-order valence-corrected chi connectivity index (χ2v) is 9.64. The van der Waals surface area contributed by atoms with Gasteiger partial charge in [0.05, 0.1) is 11.5 Å². The molecule has 15 nitrogen and oxygen atoms in total. The quantitative estimate of drug-likeness (QED) is 0.0352. The zero-order valence-corrected chi connectivity index (χ0v) is 22.0. The molecule has 0 aliphatic heterocycles. The highest BCUT2D eigenvalue weighted by atomic mass is 32.2. The Morgan fingerprint density at radius 1 is 0.921 bits per heavy atom. The molecule has 0 spiro atoms. The van der Waals surface area contributed by atoms with Crippen molar-refractivity contribution in [2.24, 2.45) is 4.99 Å². The molecule has 1 aromatic heterocycles. The summed E-state index contributed by atoms with van der Waals surface area (Å²) in [6.07, 6.45) is 1.49.